The minimum absolute atomic E-state index is 0.0622. The number of hydrogen-bond acceptors (Lipinski definition) is 2. The molecule has 0 atom stereocenters. The molecule has 1 fully saturated rings. The quantitative estimate of drug-likeness (QED) is 0.811. The Morgan fingerprint density at radius 2 is 2.05 bits per heavy atom. The second-order valence-corrected chi connectivity index (χ2v) is 5.95. The average molecular weight is 289 g/mol. The molecule has 4 heteroatoms. The number of hydrogen-bond donors (Lipinski definition) is 0. The van der Waals surface area contributed by atoms with Crippen molar-refractivity contribution in [3.05, 3.63) is 62.3 Å². The predicted octanol–water partition coefficient (Wildman–Crippen LogP) is 3.44. The molecule has 0 N–H and O–H groups in total. The third kappa shape index (κ3) is 2.63. The van der Waals surface area contributed by atoms with E-state index in [2.05, 4.69) is 37.0 Å². The first-order chi connectivity index (χ1) is 9.54. The maximum absolute atomic E-state index is 12.2. The molecule has 104 valence electrons. The first kappa shape index (κ1) is 13.4. The van der Waals surface area contributed by atoms with Crippen LogP contribution in [0.15, 0.2) is 29.1 Å². The van der Waals surface area contributed by atoms with Gasteiger partial charge in [-0.05, 0) is 37.8 Å². The van der Waals surface area contributed by atoms with E-state index in [0.29, 0.717) is 17.6 Å². The Morgan fingerprint density at radius 1 is 1.30 bits per heavy atom. The van der Waals surface area contributed by atoms with Crippen molar-refractivity contribution in [2.75, 3.05) is 0 Å². The largest absolute Gasteiger partial charge is 0.292 e. The zero-order valence-corrected chi connectivity index (χ0v) is 12.4. The Bertz CT molecular complexity index is 717. The summed E-state index contributed by atoms with van der Waals surface area (Å²) < 4.78 is 1.77. The first-order valence-corrected chi connectivity index (χ1v) is 7.26. The van der Waals surface area contributed by atoms with Gasteiger partial charge in [0.1, 0.15) is 11.0 Å². The van der Waals surface area contributed by atoms with E-state index >= 15 is 0 Å². The van der Waals surface area contributed by atoms with Crippen LogP contribution in [0.3, 0.4) is 0 Å². The number of aryl methyl sites for hydroxylation is 2. The van der Waals surface area contributed by atoms with Crippen LogP contribution in [0.4, 0.5) is 0 Å². The number of rotatable bonds is 3. The summed E-state index contributed by atoms with van der Waals surface area (Å²) in [5.41, 5.74) is 3.50. The van der Waals surface area contributed by atoms with E-state index in [4.69, 9.17) is 11.6 Å². The minimum atomic E-state index is -0.0622. The number of nitrogens with zero attached hydrogens (tertiary/aromatic N) is 2. The van der Waals surface area contributed by atoms with Gasteiger partial charge in [-0.15, -0.1) is 0 Å². The van der Waals surface area contributed by atoms with Crippen molar-refractivity contribution in [3.63, 3.8) is 0 Å². The molecule has 2 aromatic rings. The van der Waals surface area contributed by atoms with Gasteiger partial charge >= 0.3 is 0 Å². The van der Waals surface area contributed by atoms with Crippen LogP contribution in [0, 0.1) is 13.8 Å². The Morgan fingerprint density at radius 3 is 2.75 bits per heavy atom. The highest BCUT2D eigenvalue weighted by molar-refractivity contribution is 6.29. The van der Waals surface area contributed by atoms with Crippen LogP contribution < -0.4 is 5.56 Å². The van der Waals surface area contributed by atoms with Gasteiger partial charge in [0, 0.05) is 12.0 Å². The standard InChI is InChI=1S/C16H17ClN2O/c1-10-3-4-11(2)13(7-10)9-19-15(20)8-14(17)18-16(19)12-5-6-12/h3-4,7-8,12H,5-6,9H2,1-2H3. The van der Waals surface area contributed by atoms with Crippen LogP contribution in [0.5, 0.6) is 0 Å². The van der Waals surface area contributed by atoms with E-state index < -0.39 is 0 Å². The van der Waals surface area contributed by atoms with Crippen molar-refractivity contribution in [3.8, 4) is 0 Å². The monoisotopic (exact) mass is 288 g/mol. The summed E-state index contributed by atoms with van der Waals surface area (Å²) in [6.07, 6.45) is 2.19. The van der Waals surface area contributed by atoms with Crippen molar-refractivity contribution in [1.82, 2.24) is 9.55 Å². The van der Waals surface area contributed by atoms with Gasteiger partial charge in [-0.25, -0.2) is 4.98 Å². The normalized spacial score (nSPS) is 14.6. The summed E-state index contributed by atoms with van der Waals surface area (Å²) >= 11 is 5.93. The fourth-order valence-electron chi connectivity index (χ4n) is 2.45. The SMILES string of the molecule is Cc1ccc(C)c(Cn2c(C3CC3)nc(Cl)cc2=O)c1. The highest BCUT2D eigenvalue weighted by Gasteiger charge is 2.29. The molecule has 20 heavy (non-hydrogen) atoms. The molecule has 1 heterocycles. The second kappa shape index (κ2) is 5.06. The summed E-state index contributed by atoms with van der Waals surface area (Å²) in [5, 5.41) is 0.300. The molecule has 1 aliphatic carbocycles. The fourth-order valence-corrected chi connectivity index (χ4v) is 2.63. The van der Waals surface area contributed by atoms with Crippen LogP contribution in [-0.2, 0) is 6.54 Å². The van der Waals surface area contributed by atoms with E-state index in [-0.39, 0.29) is 5.56 Å². The van der Waals surface area contributed by atoms with Crippen molar-refractivity contribution in [2.45, 2.75) is 39.2 Å². The lowest BCUT2D eigenvalue weighted by molar-refractivity contribution is 0.667. The van der Waals surface area contributed by atoms with Gasteiger partial charge in [-0.1, -0.05) is 35.4 Å². The zero-order valence-electron chi connectivity index (χ0n) is 11.7. The number of aromatic nitrogens is 2. The highest BCUT2D eigenvalue weighted by atomic mass is 35.5. The molecule has 0 aliphatic heterocycles. The molecular formula is C16H17ClN2O. The van der Waals surface area contributed by atoms with Gasteiger partial charge in [0.2, 0.25) is 0 Å². The Kier molecular flexibility index (Phi) is 3.38. The highest BCUT2D eigenvalue weighted by Crippen LogP contribution is 2.39. The summed E-state index contributed by atoms with van der Waals surface area (Å²) in [6, 6.07) is 7.71. The molecule has 1 saturated carbocycles. The Balaban J connectivity index is 2.06. The molecule has 0 saturated heterocycles. The lowest BCUT2D eigenvalue weighted by Gasteiger charge is -2.14. The molecule has 0 amide bonds. The molecule has 3 nitrogen and oxygen atoms in total. The minimum Gasteiger partial charge on any atom is -0.292 e. The fraction of sp³-hybridized carbons (Fsp3) is 0.375. The van der Waals surface area contributed by atoms with Crippen molar-refractivity contribution < 1.29 is 0 Å². The van der Waals surface area contributed by atoms with Crippen LogP contribution in [0.1, 0.15) is 41.3 Å². The van der Waals surface area contributed by atoms with Crippen molar-refractivity contribution >= 4 is 11.6 Å². The van der Waals surface area contributed by atoms with Crippen molar-refractivity contribution in [2.24, 2.45) is 0 Å². The molecule has 1 aromatic heterocycles. The molecule has 1 aromatic carbocycles. The molecule has 0 radical (unpaired) electrons. The van der Waals surface area contributed by atoms with E-state index in [1.54, 1.807) is 4.57 Å². The summed E-state index contributed by atoms with van der Waals surface area (Å²) in [6.45, 7) is 4.70. The first-order valence-electron chi connectivity index (χ1n) is 6.88. The van der Waals surface area contributed by atoms with Gasteiger partial charge in [0.15, 0.2) is 0 Å². The van der Waals surface area contributed by atoms with E-state index in [1.807, 2.05) is 0 Å². The van der Waals surface area contributed by atoms with E-state index in [1.165, 1.54) is 17.2 Å². The lowest BCUT2D eigenvalue weighted by Crippen LogP contribution is -2.25. The van der Waals surface area contributed by atoms with Gasteiger partial charge in [0.25, 0.3) is 5.56 Å². The maximum Gasteiger partial charge on any atom is 0.255 e. The smallest absolute Gasteiger partial charge is 0.255 e. The molecule has 0 bridgehead atoms. The van der Waals surface area contributed by atoms with Gasteiger partial charge < -0.3 is 0 Å². The van der Waals surface area contributed by atoms with Crippen LogP contribution in [-0.4, -0.2) is 9.55 Å². The molecule has 3 rings (SSSR count). The predicted molar refractivity (Wildman–Crippen MR) is 80.5 cm³/mol. The third-order valence-corrected chi connectivity index (χ3v) is 3.98. The summed E-state index contributed by atoms with van der Waals surface area (Å²) in [4.78, 5) is 16.6. The van der Waals surface area contributed by atoms with E-state index in [0.717, 1.165) is 24.2 Å². The van der Waals surface area contributed by atoms with Crippen molar-refractivity contribution in [1.29, 1.82) is 0 Å². The van der Waals surface area contributed by atoms with Gasteiger partial charge in [-0.3, -0.25) is 9.36 Å². The van der Waals surface area contributed by atoms with Gasteiger partial charge in [-0.2, -0.15) is 0 Å². The van der Waals surface area contributed by atoms with E-state index in [9.17, 15) is 4.79 Å². The molecular weight excluding hydrogens is 272 g/mol. The zero-order chi connectivity index (χ0) is 14.3. The number of benzene rings is 1. The lowest BCUT2D eigenvalue weighted by atomic mass is 10.1. The molecule has 1 aliphatic rings. The Hall–Kier alpha value is -1.61. The second-order valence-electron chi connectivity index (χ2n) is 5.57. The van der Waals surface area contributed by atoms with Crippen LogP contribution in [0.25, 0.3) is 0 Å². The number of halogens is 1. The summed E-state index contributed by atoms with van der Waals surface area (Å²) in [7, 11) is 0. The molecule has 0 unspecified atom stereocenters. The molecule has 0 spiro atoms. The Labute approximate surface area is 123 Å². The summed E-state index contributed by atoms with van der Waals surface area (Å²) in [5.74, 6) is 1.23. The average Bonchev–Trinajstić information content (AvgIpc) is 3.20. The van der Waals surface area contributed by atoms with Crippen LogP contribution >= 0.6 is 11.6 Å². The van der Waals surface area contributed by atoms with Gasteiger partial charge in [0.05, 0.1) is 6.54 Å². The van der Waals surface area contributed by atoms with Crippen LogP contribution in [0.2, 0.25) is 5.15 Å². The topological polar surface area (TPSA) is 34.9 Å². The maximum atomic E-state index is 12.2. The third-order valence-electron chi connectivity index (χ3n) is 3.78.